The summed E-state index contributed by atoms with van der Waals surface area (Å²) < 4.78 is 1.01. The molecule has 22 heavy (non-hydrogen) atoms. The third kappa shape index (κ3) is 3.23. The van der Waals surface area contributed by atoms with Crippen LogP contribution in [0.5, 0.6) is 0 Å². The van der Waals surface area contributed by atoms with Crippen LogP contribution in [-0.2, 0) is 0 Å². The summed E-state index contributed by atoms with van der Waals surface area (Å²) in [5, 5.41) is 5.19. The van der Waals surface area contributed by atoms with E-state index in [1.165, 1.54) is 0 Å². The molecule has 0 saturated carbocycles. The third-order valence-electron chi connectivity index (χ3n) is 3.47. The smallest absolute Gasteiger partial charge is 0.138 e. The van der Waals surface area contributed by atoms with E-state index in [2.05, 4.69) is 44.2 Å². The molecule has 0 bridgehead atoms. The minimum atomic E-state index is 0.0928. The molecule has 0 aliphatic carbocycles. The van der Waals surface area contributed by atoms with Gasteiger partial charge in [-0.15, -0.1) is 0 Å². The number of benzene rings is 2. The van der Waals surface area contributed by atoms with Gasteiger partial charge in [0.15, 0.2) is 0 Å². The molecular formula is C17H15BrClN3. The van der Waals surface area contributed by atoms with E-state index in [1.807, 2.05) is 43.3 Å². The third-order valence-corrected chi connectivity index (χ3v) is 4.20. The highest BCUT2D eigenvalue weighted by atomic mass is 79.9. The minimum absolute atomic E-state index is 0.0928. The summed E-state index contributed by atoms with van der Waals surface area (Å²) in [5.74, 6) is 1.58. The van der Waals surface area contributed by atoms with E-state index in [0.29, 0.717) is 0 Å². The predicted octanol–water partition coefficient (Wildman–Crippen LogP) is 5.53. The fourth-order valence-corrected chi connectivity index (χ4v) is 2.95. The van der Waals surface area contributed by atoms with Crippen LogP contribution in [0.4, 0.5) is 5.82 Å². The van der Waals surface area contributed by atoms with Crippen molar-refractivity contribution in [3.8, 4) is 0 Å². The van der Waals surface area contributed by atoms with Crippen molar-refractivity contribution in [1.82, 2.24) is 9.97 Å². The van der Waals surface area contributed by atoms with Crippen molar-refractivity contribution in [1.29, 1.82) is 0 Å². The fourth-order valence-electron chi connectivity index (χ4n) is 2.39. The second-order valence-electron chi connectivity index (χ2n) is 5.20. The molecule has 2 aromatic carbocycles. The lowest BCUT2D eigenvalue weighted by molar-refractivity contribution is 0.872. The van der Waals surface area contributed by atoms with Gasteiger partial charge in [0.25, 0.3) is 0 Å². The van der Waals surface area contributed by atoms with Crippen LogP contribution in [0.2, 0.25) is 5.02 Å². The highest BCUT2D eigenvalue weighted by Gasteiger charge is 2.11. The van der Waals surface area contributed by atoms with Gasteiger partial charge < -0.3 is 5.32 Å². The molecule has 112 valence electrons. The monoisotopic (exact) mass is 375 g/mol. The first kappa shape index (κ1) is 15.3. The van der Waals surface area contributed by atoms with E-state index in [0.717, 1.165) is 37.6 Å². The number of anilines is 1. The van der Waals surface area contributed by atoms with Gasteiger partial charge in [-0.05, 0) is 49.7 Å². The Hall–Kier alpha value is -1.65. The number of hydrogen-bond donors (Lipinski definition) is 1. The zero-order valence-electron chi connectivity index (χ0n) is 12.3. The Morgan fingerprint density at radius 1 is 1.14 bits per heavy atom. The van der Waals surface area contributed by atoms with Crippen LogP contribution in [-0.4, -0.2) is 9.97 Å². The molecule has 0 saturated heterocycles. The average molecular weight is 377 g/mol. The molecule has 0 radical (unpaired) electrons. The molecule has 0 aliphatic rings. The van der Waals surface area contributed by atoms with Gasteiger partial charge in [0.05, 0.1) is 11.6 Å². The van der Waals surface area contributed by atoms with Crippen LogP contribution in [0.25, 0.3) is 10.9 Å². The Bertz CT molecular complexity index is 835. The molecule has 3 rings (SSSR count). The van der Waals surface area contributed by atoms with E-state index in [1.54, 1.807) is 0 Å². The van der Waals surface area contributed by atoms with Gasteiger partial charge in [0.1, 0.15) is 11.6 Å². The highest BCUT2D eigenvalue weighted by molar-refractivity contribution is 9.10. The topological polar surface area (TPSA) is 37.8 Å². The van der Waals surface area contributed by atoms with Crippen molar-refractivity contribution in [2.24, 2.45) is 0 Å². The van der Waals surface area contributed by atoms with Crippen LogP contribution >= 0.6 is 27.5 Å². The van der Waals surface area contributed by atoms with Gasteiger partial charge >= 0.3 is 0 Å². The molecule has 1 N–H and O–H groups in total. The molecule has 3 nitrogen and oxygen atoms in total. The standard InChI is InChI=1S/C17H15BrClN3/c1-10(12-4-3-5-14(19)8-12)20-17-15-9-13(18)6-7-16(15)21-11(2)22-17/h3-10H,1-2H3,(H,20,21,22)/t10-/m1/s1. The fraction of sp³-hybridized carbons (Fsp3) is 0.176. The molecule has 0 unspecified atom stereocenters. The van der Waals surface area contributed by atoms with Crippen molar-refractivity contribution in [2.75, 3.05) is 5.32 Å². The lowest BCUT2D eigenvalue weighted by Gasteiger charge is -2.17. The van der Waals surface area contributed by atoms with Gasteiger partial charge in [-0.1, -0.05) is 39.7 Å². The number of nitrogens with zero attached hydrogens (tertiary/aromatic N) is 2. The van der Waals surface area contributed by atoms with Gasteiger partial charge in [0, 0.05) is 14.9 Å². The minimum Gasteiger partial charge on any atom is -0.363 e. The lowest BCUT2D eigenvalue weighted by atomic mass is 10.1. The zero-order chi connectivity index (χ0) is 15.7. The Balaban J connectivity index is 2.01. The number of nitrogens with one attached hydrogen (secondary N) is 1. The second-order valence-corrected chi connectivity index (χ2v) is 6.55. The average Bonchev–Trinajstić information content (AvgIpc) is 2.48. The predicted molar refractivity (Wildman–Crippen MR) is 95.5 cm³/mol. The molecule has 0 fully saturated rings. The molecular weight excluding hydrogens is 362 g/mol. The number of aromatic nitrogens is 2. The largest absolute Gasteiger partial charge is 0.363 e. The number of aryl methyl sites for hydroxylation is 1. The van der Waals surface area contributed by atoms with Gasteiger partial charge in [0.2, 0.25) is 0 Å². The quantitative estimate of drug-likeness (QED) is 0.653. The van der Waals surface area contributed by atoms with E-state index in [4.69, 9.17) is 11.6 Å². The summed E-state index contributed by atoms with van der Waals surface area (Å²) in [6.45, 7) is 3.99. The Morgan fingerprint density at radius 2 is 1.95 bits per heavy atom. The first-order valence-corrected chi connectivity index (χ1v) is 8.16. The van der Waals surface area contributed by atoms with Crippen LogP contribution in [0.15, 0.2) is 46.9 Å². The van der Waals surface area contributed by atoms with Crippen molar-refractivity contribution < 1.29 is 0 Å². The molecule has 5 heteroatoms. The molecule has 1 heterocycles. The first-order valence-electron chi connectivity index (χ1n) is 6.99. The number of halogens is 2. The normalized spacial score (nSPS) is 12.4. The molecule has 0 spiro atoms. The summed E-state index contributed by atoms with van der Waals surface area (Å²) in [6.07, 6.45) is 0. The molecule has 3 aromatic rings. The van der Waals surface area contributed by atoms with Crippen LogP contribution in [0.3, 0.4) is 0 Å². The molecule has 0 aliphatic heterocycles. The van der Waals surface area contributed by atoms with Gasteiger partial charge in [-0.2, -0.15) is 0 Å². The van der Waals surface area contributed by atoms with E-state index in [-0.39, 0.29) is 6.04 Å². The Morgan fingerprint density at radius 3 is 2.73 bits per heavy atom. The number of fused-ring (bicyclic) bond motifs is 1. The molecule has 0 amide bonds. The highest BCUT2D eigenvalue weighted by Crippen LogP contribution is 2.28. The van der Waals surface area contributed by atoms with E-state index < -0.39 is 0 Å². The summed E-state index contributed by atoms with van der Waals surface area (Å²) in [7, 11) is 0. The lowest BCUT2D eigenvalue weighted by Crippen LogP contribution is -2.09. The summed E-state index contributed by atoms with van der Waals surface area (Å²) in [6, 6.07) is 13.9. The van der Waals surface area contributed by atoms with Crippen molar-refractivity contribution in [2.45, 2.75) is 19.9 Å². The van der Waals surface area contributed by atoms with E-state index >= 15 is 0 Å². The number of rotatable bonds is 3. The molecule has 1 aromatic heterocycles. The van der Waals surface area contributed by atoms with Crippen molar-refractivity contribution >= 4 is 44.3 Å². The Kier molecular flexibility index (Phi) is 4.32. The van der Waals surface area contributed by atoms with E-state index in [9.17, 15) is 0 Å². The summed E-state index contributed by atoms with van der Waals surface area (Å²) in [4.78, 5) is 9.03. The van der Waals surface area contributed by atoms with Gasteiger partial charge in [-0.3, -0.25) is 0 Å². The second kappa shape index (κ2) is 6.23. The van der Waals surface area contributed by atoms with Crippen molar-refractivity contribution in [3.05, 3.63) is 63.3 Å². The molecule has 1 atom stereocenters. The zero-order valence-corrected chi connectivity index (χ0v) is 14.6. The SMILES string of the molecule is Cc1nc(N[C@H](C)c2cccc(Cl)c2)c2cc(Br)ccc2n1. The van der Waals surface area contributed by atoms with Crippen molar-refractivity contribution in [3.63, 3.8) is 0 Å². The maximum absolute atomic E-state index is 6.07. The van der Waals surface area contributed by atoms with Crippen LogP contribution in [0.1, 0.15) is 24.4 Å². The summed E-state index contributed by atoms with van der Waals surface area (Å²) in [5.41, 5.74) is 2.04. The summed E-state index contributed by atoms with van der Waals surface area (Å²) >= 11 is 9.58. The van der Waals surface area contributed by atoms with Gasteiger partial charge in [-0.25, -0.2) is 9.97 Å². The Labute approximate surface area is 142 Å². The maximum Gasteiger partial charge on any atom is 0.138 e. The van der Waals surface area contributed by atoms with Crippen LogP contribution < -0.4 is 5.32 Å². The number of hydrogen-bond acceptors (Lipinski definition) is 3. The maximum atomic E-state index is 6.07. The first-order chi connectivity index (χ1) is 10.5. The van der Waals surface area contributed by atoms with Crippen LogP contribution in [0, 0.1) is 6.92 Å².